The summed E-state index contributed by atoms with van der Waals surface area (Å²) in [6.45, 7) is 26.0. The third kappa shape index (κ3) is 23.7. The lowest BCUT2D eigenvalue weighted by atomic mass is 10.0. The molecule has 0 unspecified atom stereocenters. The van der Waals surface area contributed by atoms with Crippen molar-refractivity contribution in [3.8, 4) is 0 Å². The molecule has 0 spiro atoms. The Kier molecular flexibility index (Phi) is 18.2. The van der Waals surface area contributed by atoms with Crippen LogP contribution in [-0.2, 0) is 38.1 Å². The lowest BCUT2D eigenvalue weighted by Crippen LogP contribution is -2.48. The number of nitrogens with zero attached hydrogens (tertiary/aromatic N) is 4. The number of esters is 4. The molecule has 0 amide bonds. The van der Waals surface area contributed by atoms with E-state index in [9.17, 15) is 24.3 Å². The van der Waals surface area contributed by atoms with Crippen molar-refractivity contribution in [1.82, 2.24) is 19.6 Å². The third-order valence-electron chi connectivity index (χ3n) is 7.07. The van der Waals surface area contributed by atoms with Gasteiger partial charge in [0.15, 0.2) is 0 Å². The minimum atomic E-state index is -0.650. The monoisotopic (exact) mass is 700 g/mol. The van der Waals surface area contributed by atoms with Crippen LogP contribution >= 0.6 is 0 Å². The summed E-state index contributed by atoms with van der Waals surface area (Å²) in [5, 5.41) is 10.1. The molecule has 1 saturated heterocycles. The smallest absolute Gasteiger partial charge is 0.320 e. The SMILES string of the molecule is CC(C)(C)OC(=O)CN1CCCN(CC(=O)OC(C)(C)C)CCN(CC(=O)OC(C)(C)C)CC(CCO)CN(CC(=O)OC(C)(C)C)CC1. The average molecular weight is 701 g/mol. The lowest BCUT2D eigenvalue weighted by Gasteiger charge is -2.35. The number of hydrogen-bond acceptors (Lipinski definition) is 13. The van der Waals surface area contributed by atoms with Gasteiger partial charge in [-0.1, -0.05) is 0 Å². The second-order valence-corrected chi connectivity index (χ2v) is 17.1. The van der Waals surface area contributed by atoms with E-state index in [2.05, 4.69) is 0 Å². The van der Waals surface area contributed by atoms with E-state index in [4.69, 9.17) is 18.9 Å². The van der Waals surface area contributed by atoms with Crippen molar-refractivity contribution in [2.24, 2.45) is 5.92 Å². The molecule has 0 aromatic rings. The maximum absolute atomic E-state index is 13.0. The Morgan fingerprint density at radius 2 is 0.755 bits per heavy atom. The molecule has 1 fully saturated rings. The Bertz CT molecular complexity index is 963. The fraction of sp³-hybridized carbons (Fsp3) is 0.889. The van der Waals surface area contributed by atoms with Crippen LogP contribution in [0.2, 0.25) is 0 Å². The summed E-state index contributed by atoms with van der Waals surface area (Å²) >= 11 is 0. The van der Waals surface area contributed by atoms with Gasteiger partial charge in [0.05, 0.1) is 26.2 Å². The molecule has 0 atom stereocenters. The third-order valence-corrected chi connectivity index (χ3v) is 7.07. The largest absolute Gasteiger partial charge is 0.459 e. The van der Waals surface area contributed by atoms with Crippen LogP contribution in [0.3, 0.4) is 0 Å². The molecule has 0 aliphatic carbocycles. The molecule has 0 aromatic carbocycles. The van der Waals surface area contributed by atoms with Crippen molar-refractivity contribution >= 4 is 23.9 Å². The number of ether oxygens (including phenoxy) is 4. The topological polar surface area (TPSA) is 138 Å². The minimum Gasteiger partial charge on any atom is -0.459 e. The van der Waals surface area contributed by atoms with Gasteiger partial charge in [0, 0.05) is 59.0 Å². The number of carbonyl (C=O) groups is 4. The summed E-state index contributed by atoms with van der Waals surface area (Å²) in [6, 6.07) is 0. The molecule has 49 heavy (non-hydrogen) atoms. The standard InChI is InChI=1S/C36H68N4O9/c1-33(2,3)46-29(42)24-37-15-13-16-38(25-30(43)47-34(4,5)6)18-20-40(27-32(45)49-36(10,11)12)23-28(14-21-41)22-39(19-17-37)26-31(44)48-35(7,8)9/h28,41H,13-27H2,1-12H3. The van der Waals surface area contributed by atoms with E-state index in [1.54, 1.807) is 0 Å². The summed E-state index contributed by atoms with van der Waals surface area (Å²) in [5.41, 5.74) is -2.56. The van der Waals surface area contributed by atoms with Crippen molar-refractivity contribution in [3.63, 3.8) is 0 Å². The number of rotatable bonds is 10. The van der Waals surface area contributed by atoms with Crippen LogP contribution in [0.5, 0.6) is 0 Å². The van der Waals surface area contributed by atoms with E-state index in [0.717, 1.165) is 0 Å². The van der Waals surface area contributed by atoms with Crippen LogP contribution in [0.1, 0.15) is 95.9 Å². The zero-order valence-electron chi connectivity index (χ0n) is 32.7. The van der Waals surface area contributed by atoms with Gasteiger partial charge in [-0.3, -0.25) is 38.8 Å². The number of carbonyl (C=O) groups excluding carboxylic acids is 4. The Morgan fingerprint density at radius 1 is 0.490 bits per heavy atom. The molecule has 1 aliphatic rings. The molecule has 13 heteroatoms. The highest BCUT2D eigenvalue weighted by Crippen LogP contribution is 2.15. The number of aliphatic hydroxyl groups is 1. The zero-order chi connectivity index (χ0) is 37.6. The molecular weight excluding hydrogens is 632 g/mol. The van der Waals surface area contributed by atoms with Gasteiger partial charge in [0.25, 0.3) is 0 Å². The highest BCUT2D eigenvalue weighted by Gasteiger charge is 2.28. The molecule has 0 bridgehead atoms. The molecule has 286 valence electrons. The molecule has 0 saturated carbocycles. The average Bonchev–Trinajstić information content (AvgIpc) is 2.85. The number of hydrogen-bond donors (Lipinski definition) is 1. The summed E-state index contributed by atoms with van der Waals surface area (Å²) in [7, 11) is 0. The summed E-state index contributed by atoms with van der Waals surface area (Å²) in [4.78, 5) is 59.9. The van der Waals surface area contributed by atoms with Gasteiger partial charge in [0.1, 0.15) is 22.4 Å². The minimum absolute atomic E-state index is 0.0369. The molecule has 1 rings (SSSR count). The van der Waals surface area contributed by atoms with E-state index in [-0.39, 0.29) is 62.6 Å². The molecular formula is C36H68N4O9. The maximum Gasteiger partial charge on any atom is 0.320 e. The normalized spacial score (nSPS) is 18.4. The Balaban J connectivity index is 3.43. The van der Waals surface area contributed by atoms with Gasteiger partial charge < -0.3 is 24.1 Å². The molecule has 1 aliphatic heterocycles. The van der Waals surface area contributed by atoms with Crippen LogP contribution in [0, 0.1) is 5.92 Å². The molecule has 13 nitrogen and oxygen atoms in total. The van der Waals surface area contributed by atoms with Gasteiger partial charge in [0.2, 0.25) is 0 Å². The number of aliphatic hydroxyl groups excluding tert-OH is 1. The van der Waals surface area contributed by atoms with Crippen molar-refractivity contribution in [1.29, 1.82) is 0 Å². The van der Waals surface area contributed by atoms with Gasteiger partial charge in [-0.15, -0.1) is 0 Å². The van der Waals surface area contributed by atoms with Crippen molar-refractivity contribution < 1.29 is 43.2 Å². The van der Waals surface area contributed by atoms with Gasteiger partial charge in [-0.05, 0) is 102 Å². The Labute approximate surface area is 295 Å². The first-order valence-corrected chi connectivity index (χ1v) is 17.7. The molecule has 1 N–H and O–H groups in total. The molecule has 0 aromatic heterocycles. The van der Waals surface area contributed by atoms with E-state index >= 15 is 0 Å². The summed E-state index contributed by atoms with van der Waals surface area (Å²) in [6.07, 6.45) is 1.09. The highest BCUT2D eigenvalue weighted by molar-refractivity contribution is 5.73. The molecule has 1 heterocycles. The van der Waals surface area contributed by atoms with Gasteiger partial charge in [-0.25, -0.2) is 0 Å². The van der Waals surface area contributed by atoms with Crippen LogP contribution in [0.4, 0.5) is 0 Å². The molecule has 0 radical (unpaired) electrons. The van der Waals surface area contributed by atoms with E-state index in [0.29, 0.717) is 65.2 Å². The lowest BCUT2D eigenvalue weighted by molar-refractivity contribution is -0.159. The Hall–Kier alpha value is -2.32. The van der Waals surface area contributed by atoms with Crippen molar-refractivity contribution in [2.45, 2.75) is 118 Å². The Morgan fingerprint density at radius 3 is 1.02 bits per heavy atom. The van der Waals surface area contributed by atoms with Crippen LogP contribution in [-0.4, -0.2) is 156 Å². The first-order valence-electron chi connectivity index (χ1n) is 17.7. The second-order valence-electron chi connectivity index (χ2n) is 17.1. The second kappa shape index (κ2) is 19.9. The highest BCUT2D eigenvalue weighted by atomic mass is 16.6. The van der Waals surface area contributed by atoms with Crippen molar-refractivity contribution in [3.05, 3.63) is 0 Å². The first kappa shape index (κ1) is 44.7. The quantitative estimate of drug-likeness (QED) is 0.264. The predicted molar refractivity (Wildman–Crippen MR) is 189 cm³/mol. The van der Waals surface area contributed by atoms with Gasteiger partial charge in [-0.2, -0.15) is 0 Å². The fourth-order valence-electron chi connectivity index (χ4n) is 5.47. The fourth-order valence-corrected chi connectivity index (χ4v) is 5.47. The van der Waals surface area contributed by atoms with Crippen LogP contribution < -0.4 is 0 Å². The van der Waals surface area contributed by atoms with E-state index in [1.165, 1.54) is 0 Å². The van der Waals surface area contributed by atoms with Crippen LogP contribution in [0.15, 0.2) is 0 Å². The van der Waals surface area contributed by atoms with Gasteiger partial charge >= 0.3 is 23.9 Å². The van der Waals surface area contributed by atoms with Crippen LogP contribution in [0.25, 0.3) is 0 Å². The summed E-state index contributed by atoms with van der Waals surface area (Å²) < 4.78 is 22.6. The van der Waals surface area contributed by atoms with E-state index in [1.807, 2.05) is 103 Å². The van der Waals surface area contributed by atoms with Crippen molar-refractivity contribution in [2.75, 3.05) is 85.1 Å². The summed E-state index contributed by atoms with van der Waals surface area (Å²) in [5.74, 6) is -1.52. The zero-order valence-corrected chi connectivity index (χ0v) is 32.7. The predicted octanol–water partition coefficient (Wildman–Crippen LogP) is 2.96. The first-order chi connectivity index (χ1) is 22.3. The van der Waals surface area contributed by atoms with E-state index < -0.39 is 22.4 Å². The maximum atomic E-state index is 13.0.